The van der Waals surface area contributed by atoms with Crippen LogP contribution in [0.3, 0.4) is 0 Å². The predicted molar refractivity (Wildman–Crippen MR) is 76.1 cm³/mol. The Morgan fingerprint density at radius 2 is 1.60 bits per heavy atom. The highest BCUT2D eigenvalue weighted by Crippen LogP contribution is 2.02. The van der Waals surface area contributed by atoms with Crippen LogP contribution in [0.25, 0.3) is 0 Å². The number of ether oxygens (including phenoxy) is 2. The van der Waals surface area contributed by atoms with Crippen molar-refractivity contribution in [1.82, 2.24) is 0 Å². The molecule has 4 heteroatoms. The zero-order chi connectivity index (χ0) is 14.6. The van der Waals surface area contributed by atoms with Gasteiger partial charge in [-0.3, -0.25) is 0 Å². The van der Waals surface area contributed by atoms with Gasteiger partial charge in [0.15, 0.2) is 0 Å². The number of carbonyl (C=O) groups excluding carboxylic acids is 2. The van der Waals surface area contributed by atoms with Gasteiger partial charge in [0.25, 0.3) is 0 Å². The van der Waals surface area contributed by atoms with Gasteiger partial charge in [-0.2, -0.15) is 0 Å². The van der Waals surface area contributed by atoms with Gasteiger partial charge in [-0.25, -0.2) is 9.59 Å². The van der Waals surface area contributed by atoms with Gasteiger partial charge in [0.2, 0.25) is 0 Å². The highest BCUT2D eigenvalue weighted by atomic mass is 16.5. The third-order valence-corrected chi connectivity index (χ3v) is 2.50. The van der Waals surface area contributed by atoms with Gasteiger partial charge in [-0.15, -0.1) is 0 Å². The zero-order valence-electron chi connectivity index (χ0n) is 11.7. The van der Waals surface area contributed by atoms with E-state index in [9.17, 15) is 9.59 Å². The molecule has 0 heterocycles. The van der Waals surface area contributed by atoms with E-state index < -0.39 is 11.9 Å². The number of hydrogen-bond acceptors (Lipinski definition) is 4. The summed E-state index contributed by atoms with van der Waals surface area (Å²) in [6.07, 6.45) is 4.56. The Balaban J connectivity index is 2.14. The van der Waals surface area contributed by atoms with E-state index in [4.69, 9.17) is 9.47 Å². The van der Waals surface area contributed by atoms with Crippen molar-refractivity contribution in [3.63, 3.8) is 0 Å². The van der Waals surface area contributed by atoms with E-state index in [0.29, 0.717) is 13.2 Å². The number of hydrogen-bond donors (Lipinski definition) is 0. The Hall–Kier alpha value is -2.10. The van der Waals surface area contributed by atoms with Crippen LogP contribution >= 0.6 is 0 Å². The third kappa shape index (κ3) is 7.36. The Morgan fingerprint density at radius 1 is 1.00 bits per heavy atom. The van der Waals surface area contributed by atoms with Gasteiger partial charge in [-0.05, 0) is 24.8 Å². The number of aryl methyl sites for hydroxylation is 1. The molecule has 0 fully saturated rings. The molecule has 0 aliphatic heterocycles. The minimum Gasteiger partial charge on any atom is -0.463 e. The van der Waals surface area contributed by atoms with E-state index in [1.807, 2.05) is 37.3 Å². The monoisotopic (exact) mass is 276 g/mol. The van der Waals surface area contributed by atoms with Crippen molar-refractivity contribution in [3.05, 3.63) is 48.0 Å². The second-order valence-electron chi connectivity index (χ2n) is 4.26. The quantitative estimate of drug-likeness (QED) is 0.416. The molecule has 0 aliphatic carbocycles. The molecule has 0 saturated heterocycles. The number of rotatable bonds is 8. The first kappa shape index (κ1) is 16.0. The second-order valence-corrected chi connectivity index (χ2v) is 4.26. The summed E-state index contributed by atoms with van der Waals surface area (Å²) in [5.41, 5.74) is 1.21. The van der Waals surface area contributed by atoms with E-state index in [1.165, 1.54) is 5.56 Å². The first-order valence-electron chi connectivity index (χ1n) is 6.78. The van der Waals surface area contributed by atoms with Crippen LogP contribution < -0.4 is 0 Å². The summed E-state index contributed by atoms with van der Waals surface area (Å²) in [4.78, 5) is 22.4. The molecule has 0 aromatic heterocycles. The van der Waals surface area contributed by atoms with Crippen molar-refractivity contribution < 1.29 is 19.1 Å². The first-order valence-corrected chi connectivity index (χ1v) is 6.78. The third-order valence-electron chi connectivity index (χ3n) is 2.50. The van der Waals surface area contributed by atoms with Gasteiger partial charge < -0.3 is 9.47 Å². The summed E-state index contributed by atoms with van der Waals surface area (Å²) < 4.78 is 9.78. The minimum absolute atomic E-state index is 0.335. The summed E-state index contributed by atoms with van der Waals surface area (Å²) in [5, 5.41) is 0. The Morgan fingerprint density at radius 3 is 2.20 bits per heavy atom. The molecule has 0 aliphatic rings. The lowest BCUT2D eigenvalue weighted by atomic mass is 10.1. The smallest absolute Gasteiger partial charge is 0.331 e. The van der Waals surface area contributed by atoms with Gasteiger partial charge >= 0.3 is 11.9 Å². The van der Waals surface area contributed by atoms with Crippen LogP contribution in [0.2, 0.25) is 0 Å². The summed E-state index contributed by atoms with van der Waals surface area (Å²) in [7, 11) is 0. The van der Waals surface area contributed by atoms with Gasteiger partial charge in [0.1, 0.15) is 0 Å². The van der Waals surface area contributed by atoms with Gasteiger partial charge in [-0.1, -0.05) is 37.3 Å². The highest BCUT2D eigenvalue weighted by Gasteiger charge is 2.00. The van der Waals surface area contributed by atoms with E-state index >= 15 is 0 Å². The van der Waals surface area contributed by atoms with Crippen molar-refractivity contribution in [3.8, 4) is 0 Å². The molecule has 0 radical (unpaired) electrons. The number of esters is 2. The second kappa shape index (κ2) is 9.78. The van der Waals surface area contributed by atoms with Crippen LogP contribution in [0, 0.1) is 0 Å². The molecule has 0 bridgehead atoms. The molecule has 20 heavy (non-hydrogen) atoms. The SMILES string of the molecule is CCCOC(=O)/C=C/C(=O)OCCCc1ccccc1. The lowest BCUT2D eigenvalue weighted by molar-refractivity contribution is -0.140. The summed E-state index contributed by atoms with van der Waals surface area (Å²) in [5.74, 6) is -1.04. The molecule has 0 saturated carbocycles. The normalized spacial score (nSPS) is 10.4. The molecule has 1 aromatic carbocycles. The Labute approximate surface area is 119 Å². The Kier molecular flexibility index (Phi) is 7.80. The van der Waals surface area contributed by atoms with E-state index in [1.54, 1.807) is 0 Å². The van der Waals surface area contributed by atoms with Crippen LogP contribution in [-0.4, -0.2) is 25.2 Å². The van der Waals surface area contributed by atoms with E-state index in [-0.39, 0.29) is 0 Å². The van der Waals surface area contributed by atoms with Crippen LogP contribution in [0.1, 0.15) is 25.3 Å². The molecule has 0 amide bonds. The van der Waals surface area contributed by atoms with Crippen LogP contribution in [0.15, 0.2) is 42.5 Å². The number of benzene rings is 1. The van der Waals surface area contributed by atoms with Crippen molar-refractivity contribution in [1.29, 1.82) is 0 Å². The fraction of sp³-hybridized carbons (Fsp3) is 0.375. The van der Waals surface area contributed by atoms with Crippen LogP contribution in [-0.2, 0) is 25.5 Å². The number of carbonyl (C=O) groups is 2. The minimum atomic E-state index is -0.522. The molecule has 0 spiro atoms. The first-order chi connectivity index (χ1) is 9.72. The fourth-order valence-corrected chi connectivity index (χ4v) is 1.53. The molecule has 4 nitrogen and oxygen atoms in total. The van der Waals surface area contributed by atoms with Crippen LogP contribution in [0.5, 0.6) is 0 Å². The predicted octanol–water partition coefficient (Wildman–Crippen LogP) is 2.67. The maximum atomic E-state index is 11.3. The highest BCUT2D eigenvalue weighted by molar-refractivity contribution is 5.91. The summed E-state index contributed by atoms with van der Waals surface area (Å²) in [6, 6.07) is 9.99. The molecular weight excluding hydrogens is 256 g/mol. The largest absolute Gasteiger partial charge is 0.463 e. The van der Waals surface area contributed by atoms with Crippen molar-refractivity contribution in [2.24, 2.45) is 0 Å². The molecule has 1 rings (SSSR count). The topological polar surface area (TPSA) is 52.6 Å². The maximum absolute atomic E-state index is 11.3. The molecule has 0 N–H and O–H groups in total. The summed E-state index contributed by atoms with van der Waals surface area (Å²) in [6.45, 7) is 2.59. The van der Waals surface area contributed by atoms with Crippen molar-refractivity contribution in [2.45, 2.75) is 26.2 Å². The van der Waals surface area contributed by atoms with Gasteiger partial charge in [0.05, 0.1) is 13.2 Å². The van der Waals surface area contributed by atoms with E-state index in [2.05, 4.69) is 0 Å². The maximum Gasteiger partial charge on any atom is 0.331 e. The lowest BCUT2D eigenvalue weighted by Gasteiger charge is -2.02. The average Bonchev–Trinajstić information content (AvgIpc) is 2.48. The van der Waals surface area contributed by atoms with Crippen LogP contribution in [0.4, 0.5) is 0 Å². The zero-order valence-corrected chi connectivity index (χ0v) is 11.7. The molecule has 108 valence electrons. The molecular formula is C16H20O4. The molecule has 1 aromatic rings. The standard InChI is InChI=1S/C16H20O4/c1-2-12-19-15(17)10-11-16(18)20-13-6-9-14-7-4-3-5-8-14/h3-5,7-8,10-11H,2,6,9,12-13H2,1H3/b11-10+. The summed E-state index contributed by atoms with van der Waals surface area (Å²) >= 11 is 0. The van der Waals surface area contributed by atoms with Crippen molar-refractivity contribution in [2.75, 3.05) is 13.2 Å². The Bertz CT molecular complexity index is 437. The fourth-order valence-electron chi connectivity index (χ4n) is 1.53. The lowest BCUT2D eigenvalue weighted by Crippen LogP contribution is -2.06. The van der Waals surface area contributed by atoms with E-state index in [0.717, 1.165) is 31.4 Å². The molecule has 0 unspecified atom stereocenters. The van der Waals surface area contributed by atoms with Gasteiger partial charge in [0, 0.05) is 12.2 Å². The van der Waals surface area contributed by atoms with Crippen molar-refractivity contribution >= 4 is 11.9 Å². The average molecular weight is 276 g/mol. The molecule has 0 atom stereocenters.